The Balaban J connectivity index is 1.75. The molecule has 4 rings (SSSR count). The van der Waals surface area contributed by atoms with Gasteiger partial charge in [0.15, 0.2) is 0 Å². The minimum absolute atomic E-state index is 1.05. The quantitative estimate of drug-likeness (QED) is 0.402. The fraction of sp³-hybridized carbons (Fsp3) is 0.857. The van der Waals surface area contributed by atoms with Gasteiger partial charge in [-0.05, 0) is 74.5 Å². The van der Waals surface area contributed by atoms with Gasteiger partial charge in [-0.2, -0.15) is 0 Å². The molecule has 0 aliphatic heterocycles. The maximum atomic E-state index is 2.44. The molecule has 0 aromatic rings. The largest absolute Gasteiger partial charge is 0.0882 e. The zero-order valence-electron chi connectivity index (χ0n) is 9.08. The molecule has 0 radical (unpaired) electrons. The normalized spacial score (nSPS) is 61.4. The van der Waals surface area contributed by atoms with E-state index < -0.39 is 0 Å². The summed E-state index contributed by atoms with van der Waals surface area (Å²) < 4.78 is 0. The van der Waals surface area contributed by atoms with E-state index in [-0.39, 0.29) is 0 Å². The Bertz CT molecular complexity index is 301. The molecule has 4 aliphatic rings. The second-order valence-electron chi connectivity index (χ2n) is 6.16. The molecule has 76 valence electrons. The summed E-state index contributed by atoms with van der Waals surface area (Å²) in [6.07, 6.45) is 10.3. The lowest BCUT2D eigenvalue weighted by atomic mass is 9.69. The van der Waals surface area contributed by atoms with Crippen LogP contribution in [0.25, 0.3) is 0 Å². The Morgan fingerprint density at radius 2 is 1.79 bits per heavy atom. The number of hydrogen-bond donors (Lipinski definition) is 0. The molecule has 4 fully saturated rings. The first kappa shape index (κ1) is 7.96. The van der Waals surface area contributed by atoms with Gasteiger partial charge in [0.1, 0.15) is 0 Å². The Kier molecular flexibility index (Phi) is 1.40. The molecule has 0 nitrogen and oxygen atoms in total. The van der Waals surface area contributed by atoms with E-state index in [0.29, 0.717) is 0 Å². The van der Waals surface area contributed by atoms with Gasteiger partial charge in [0.2, 0.25) is 0 Å². The van der Waals surface area contributed by atoms with Crippen molar-refractivity contribution in [3.8, 4) is 0 Å². The Morgan fingerprint density at radius 1 is 1.00 bits per heavy atom. The summed E-state index contributed by atoms with van der Waals surface area (Å²) in [5.41, 5.74) is 1.84. The van der Waals surface area contributed by atoms with Gasteiger partial charge < -0.3 is 0 Å². The fourth-order valence-corrected chi connectivity index (χ4v) is 5.72. The highest BCUT2D eigenvalue weighted by Crippen LogP contribution is 2.68. The summed E-state index contributed by atoms with van der Waals surface area (Å²) in [6.45, 7) is 2.26. The third-order valence-corrected chi connectivity index (χ3v) is 5.96. The SMILES string of the molecule is C/C=C1\CC2CC1C1C3CCC(C3)C21. The second kappa shape index (κ2) is 2.46. The van der Waals surface area contributed by atoms with Gasteiger partial charge in [-0.1, -0.05) is 11.6 Å². The van der Waals surface area contributed by atoms with Gasteiger partial charge in [0.25, 0.3) is 0 Å². The molecule has 6 unspecified atom stereocenters. The van der Waals surface area contributed by atoms with E-state index >= 15 is 0 Å². The van der Waals surface area contributed by atoms with E-state index in [1.54, 1.807) is 25.7 Å². The lowest BCUT2D eigenvalue weighted by molar-refractivity contribution is 0.173. The molecule has 4 saturated carbocycles. The van der Waals surface area contributed by atoms with E-state index in [2.05, 4.69) is 13.0 Å². The molecule has 0 amide bonds. The van der Waals surface area contributed by atoms with E-state index in [9.17, 15) is 0 Å². The van der Waals surface area contributed by atoms with Crippen LogP contribution in [0.2, 0.25) is 0 Å². The summed E-state index contributed by atoms with van der Waals surface area (Å²) in [4.78, 5) is 0. The van der Waals surface area contributed by atoms with E-state index in [0.717, 1.165) is 23.7 Å². The average Bonchev–Trinajstić information content (AvgIpc) is 2.94. The van der Waals surface area contributed by atoms with Crippen molar-refractivity contribution in [2.45, 2.75) is 39.0 Å². The van der Waals surface area contributed by atoms with Gasteiger partial charge in [0.05, 0.1) is 0 Å². The van der Waals surface area contributed by atoms with Crippen molar-refractivity contribution < 1.29 is 0 Å². The molecule has 0 heteroatoms. The Morgan fingerprint density at radius 3 is 2.57 bits per heavy atom. The van der Waals surface area contributed by atoms with Gasteiger partial charge in [-0.25, -0.2) is 0 Å². The van der Waals surface area contributed by atoms with E-state index in [4.69, 9.17) is 0 Å². The van der Waals surface area contributed by atoms with Crippen LogP contribution < -0.4 is 0 Å². The first-order valence-electron chi connectivity index (χ1n) is 6.53. The monoisotopic (exact) mass is 188 g/mol. The fourth-order valence-electron chi connectivity index (χ4n) is 5.72. The van der Waals surface area contributed by atoms with Crippen LogP contribution in [-0.2, 0) is 0 Å². The first-order valence-corrected chi connectivity index (χ1v) is 6.53. The van der Waals surface area contributed by atoms with Crippen LogP contribution in [0.3, 0.4) is 0 Å². The highest BCUT2D eigenvalue weighted by Gasteiger charge is 2.60. The lowest BCUT2D eigenvalue weighted by Gasteiger charge is -2.35. The maximum Gasteiger partial charge on any atom is -0.0167 e. The van der Waals surface area contributed by atoms with Crippen molar-refractivity contribution in [2.24, 2.45) is 35.5 Å². The predicted molar refractivity (Wildman–Crippen MR) is 57.8 cm³/mol. The van der Waals surface area contributed by atoms with Crippen LogP contribution in [0, 0.1) is 35.5 Å². The summed E-state index contributed by atoms with van der Waals surface area (Å²) in [5, 5.41) is 0. The van der Waals surface area contributed by atoms with E-state index in [1.165, 1.54) is 18.3 Å². The topological polar surface area (TPSA) is 0 Å². The number of rotatable bonds is 0. The molecule has 4 aliphatic carbocycles. The van der Waals surface area contributed by atoms with Gasteiger partial charge in [0, 0.05) is 0 Å². The molecule has 0 aromatic carbocycles. The average molecular weight is 188 g/mol. The minimum atomic E-state index is 1.05. The van der Waals surface area contributed by atoms with Crippen LogP contribution >= 0.6 is 0 Å². The zero-order valence-corrected chi connectivity index (χ0v) is 9.08. The van der Waals surface area contributed by atoms with Gasteiger partial charge in [-0.3, -0.25) is 0 Å². The molecule has 4 bridgehead atoms. The Labute approximate surface area is 86.8 Å². The van der Waals surface area contributed by atoms with Crippen molar-refractivity contribution in [3.05, 3.63) is 11.6 Å². The van der Waals surface area contributed by atoms with Crippen molar-refractivity contribution in [3.63, 3.8) is 0 Å². The van der Waals surface area contributed by atoms with Crippen LogP contribution in [0.15, 0.2) is 11.6 Å². The summed E-state index contributed by atoms with van der Waals surface area (Å²) in [7, 11) is 0. The standard InChI is InChI=1S/C14H20/c1-2-8-5-11-7-12(8)14-10-4-3-9(6-10)13(11)14/h2,9-14H,3-7H2,1H3/b8-2+. The number of allylic oxidation sites excluding steroid dienone is 2. The zero-order chi connectivity index (χ0) is 9.28. The minimum Gasteiger partial charge on any atom is -0.0882 e. The third kappa shape index (κ3) is 0.741. The maximum absolute atomic E-state index is 2.44. The summed E-state index contributed by atoms with van der Waals surface area (Å²) in [5.74, 6) is 6.81. The van der Waals surface area contributed by atoms with Gasteiger partial charge >= 0.3 is 0 Å². The van der Waals surface area contributed by atoms with Crippen molar-refractivity contribution in [1.82, 2.24) is 0 Å². The number of hydrogen-bond acceptors (Lipinski definition) is 0. The van der Waals surface area contributed by atoms with Crippen LogP contribution in [0.1, 0.15) is 39.0 Å². The molecular formula is C14H20. The van der Waals surface area contributed by atoms with Crippen LogP contribution in [-0.4, -0.2) is 0 Å². The van der Waals surface area contributed by atoms with Crippen LogP contribution in [0.4, 0.5) is 0 Å². The van der Waals surface area contributed by atoms with Crippen LogP contribution in [0.5, 0.6) is 0 Å². The third-order valence-electron chi connectivity index (χ3n) is 5.96. The highest BCUT2D eigenvalue weighted by molar-refractivity contribution is 5.24. The van der Waals surface area contributed by atoms with Gasteiger partial charge in [-0.15, -0.1) is 0 Å². The van der Waals surface area contributed by atoms with Crippen molar-refractivity contribution in [1.29, 1.82) is 0 Å². The second-order valence-corrected chi connectivity index (χ2v) is 6.16. The molecule has 14 heavy (non-hydrogen) atoms. The molecule has 0 N–H and O–H groups in total. The number of fused-ring (bicyclic) bond motifs is 9. The molecule has 0 saturated heterocycles. The smallest absolute Gasteiger partial charge is 0.0167 e. The molecule has 0 aromatic heterocycles. The Hall–Kier alpha value is -0.260. The first-order chi connectivity index (χ1) is 6.88. The molecule has 6 atom stereocenters. The predicted octanol–water partition coefficient (Wildman–Crippen LogP) is 3.63. The molecule has 0 heterocycles. The molecule has 0 spiro atoms. The summed E-state index contributed by atoms with van der Waals surface area (Å²) >= 11 is 0. The van der Waals surface area contributed by atoms with Crippen molar-refractivity contribution >= 4 is 0 Å². The lowest BCUT2D eigenvalue weighted by Crippen LogP contribution is -2.29. The van der Waals surface area contributed by atoms with Crippen molar-refractivity contribution in [2.75, 3.05) is 0 Å². The molecular weight excluding hydrogens is 168 g/mol. The highest BCUT2D eigenvalue weighted by atomic mass is 14.6. The summed E-state index contributed by atoms with van der Waals surface area (Å²) in [6, 6.07) is 0. The van der Waals surface area contributed by atoms with E-state index in [1.807, 2.05) is 5.57 Å².